The van der Waals surface area contributed by atoms with E-state index >= 15 is 0 Å². The molecule has 0 saturated carbocycles. The van der Waals surface area contributed by atoms with Gasteiger partial charge in [0, 0.05) is 22.0 Å². The van der Waals surface area contributed by atoms with Crippen LogP contribution >= 0.6 is 31.9 Å². The zero-order chi connectivity index (χ0) is 17.8. The third-order valence-electron chi connectivity index (χ3n) is 4.36. The number of aryl methyl sites for hydroxylation is 2. The number of hydrogen-bond acceptors (Lipinski definition) is 2. The topological polar surface area (TPSA) is 24.8 Å². The van der Waals surface area contributed by atoms with E-state index in [1.807, 2.05) is 24.5 Å². The van der Waals surface area contributed by atoms with E-state index in [-0.39, 0.29) is 0 Å². The van der Waals surface area contributed by atoms with Crippen LogP contribution in [0.15, 0.2) is 44.3 Å². The quantitative estimate of drug-likeness (QED) is 0.367. The predicted molar refractivity (Wildman–Crippen MR) is 111 cm³/mol. The lowest BCUT2D eigenvalue weighted by Gasteiger charge is -2.24. The number of benzene rings is 2. The molecule has 1 fully saturated rings. The summed E-state index contributed by atoms with van der Waals surface area (Å²) in [5.41, 5.74) is 3.20. The monoisotopic (exact) mass is 464 g/mol. The Balaban J connectivity index is 1.77. The molecule has 0 amide bonds. The summed E-state index contributed by atoms with van der Waals surface area (Å²) in [6.07, 6.45) is 5.85. The summed E-state index contributed by atoms with van der Waals surface area (Å²) in [5, 5.41) is 0. The summed E-state index contributed by atoms with van der Waals surface area (Å²) >= 11 is 6.99. The Bertz CT molecular complexity index is 784. The molecule has 132 valence electrons. The number of hydrogen-bond donors (Lipinski definition) is 0. The van der Waals surface area contributed by atoms with Crippen molar-refractivity contribution in [3.05, 3.63) is 50.4 Å². The van der Waals surface area contributed by atoms with Crippen LogP contribution in [0.2, 0.25) is 0 Å². The van der Waals surface area contributed by atoms with Gasteiger partial charge in [-0.2, -0.15) is 0 Å². The van der Waals surface area contributed by atoms with Crippen molar-refractivity contribution in [3.8, 4) is 11.5 Å². The van der Waals surface area contributed by atoms with Gasteiger partial charge in [0.25, 0.3) is 0 Å². The molecular weight excluding hydrogens is 444 g/mol. The molecule has 3 rings (SSSR count). The normalized spacial score (nSPS) is 15.0. The summed E-state index contributed by atoms with van der Waals surface area (Å²) in [6.45, 7) is 6.36. The van der Waals surface area contributed by atoms with Crippen molar-refractivity contribution in [1.29, 1.82) is 0 Å². The molecule has 3 nitrogen and oxygen atoms in total. The van der Waals surface area contributed by atoms with E-state index in [0.29, 0.717) is 0 Å². The zero-order valence-electron chi connectivity index (χ0n) is 14.6. The minimum absolute atomic E-state index is 0.808. The largest absolute Gasteiger partial charge is 0.457 e. The van der Waals surface area contributed by atoms with E-state index in [1.54, 1.807) is 0 Å². The standard InChI is InChI=1S/C20H22Br2N2O/c1-14-11-20(25-16-6-7-17(21)18(22)12-16)15(2)10-19(14)23-13-24-8-4-3-5-9-24/h6-7,10-13H,3-5,8-9H2,1-2H3/b23-13+. The van der Waals surface area contributed by atoms with Crippen LogP contribution < -0.4 is 4.74 Å². The highest BCUT2D eigenvalue weighted by atomic mass is 79.9. The minimum atomic E-state index is 0.808. The van der Waals surface area contributed by atoms with Crippen LogP contribution in [0.5, 0.6) is 11.5 Å². The SMILES string of the molecule is Cc1cc(Oc2ccc(Br)c(Br)c2)c(C)cc1/N=C/N1CCCCC1. The van der Waals surface area contributed by atoms with Gasteiger partial charge >= 0.3 is 0 Å². The Morgan fingerprint density at radius 3 is 2.44 bits per heavy atom. The summed E-state index contributed by atoms with van der Waals surface area (Å²) in [5.74, 6) is 1.67. The van der Waals surface area contributed by atoms with Crippen LogP contribution in [0, 0.1) is 13.8 Å². The van der Waals surface area contributed by atoms with E-state index in [0.717, 1.165) is 50.3 Å². The number of nitrogens with zero attached hydrogens (tertiary/aromatic N) is 2. The van der Waals surface area contributed by atoms with Crippen molar-refractivity contribution in [2.75, 3.05) is 13.1 Å². The lowest BCUT2D eigenvalue weighted by molar-refractivity contribution is 0.351. The third kappa shape index (κ3) is 4.85. The van der Waals surface area contributed by atoms with Gasteiger partial charge in [0.15, 0.2) is 0 Å². The van der Waals surface area contributed by atoms with Gasteiger partial charge in [-0.15, -0.1) is 0 Å². The van der Waals surface area contributed by atoms with Gasteiger partial charge < -0.3 is 9.64 Å². The second-order valence-corrected chi connectivity index (χ2v) is 8.13. The van der Waals surface area contributed by atoms with Crippen molar-refractivity contribution in [2.24, 2.45) is 4.99 Å². The van der Waals surface area contributed by atoms with E-state index in [1.165, 1.54) is 19.3 Å². The highest BCUT2D eigenvalue weighted by Crippen LogP contribution is 2.34. The molecule has 2 aromatic carbocycles. The number of piperidine rings is 1. The lowest BCUT2D eigenvalue weighted by Crippen LogP contribution is -2.28. The van der Waals surface area contributed by atoms with Gasteiger partial charge in [-0.3, -0.25) is 0 Å². The summed E-state index contributed by atoms with van der Waals surface area (Å²) in [6, 6.07) is 10.0. The van der Waals surface area contributed by atoms with Crippen molar-refractivity contribution in [1.82, 2.24) is 4.90 Å². The third-order valence-corrected chi connectivity index (χ3v) is 6.24. The molecule has 0 unspecified atom stereocenters. The van der Waals surface area contributed by atoms with Crippen LogP contribution in [0.25, 0.3) is 0 Å². The van der Waals surface area contributed by atoms with E-state index < -0.39 is 0 Å². The smallest absolute Gasteiger partial charge is 0.130 e. The first-order chi connectivity index (χ1) is 12.0. The van der Waals surface area contributed by atoms with Crippen LogP contribution in [-0.4, -0.2) is 24.3 Å². The maximum Gasteiger partial charge on any atom is 0.130 e. The Morgan fingerprint density at radius 2 is 1.72 bits per heavy atom. The fourth-order valence-corrected chi connectivity index (χ4v) is 3.47. The molecule has 1 aliphatic heterocycles. The van der Waals surface area contributed by atoms with Crippen molar-refractivity contribution >= 4 is 43.9 Å². The van der Waals surface area contributed by atoms with E-state index in [9.17, 15) is 0 Å². The molecule has 0 spiro atoms. The summed E-state index contributed by atoms with van der Waals surface area (Å²) < 4.78 is 8.05. The second-order valence-electron chi connectivity index (χ2n) is 6.42. The molecule has 0 radical (unpaired) electrons. The number of rotatable bonds is 4. The highest BCUT2D eigenvalue weighted by molar-refractivity contribution is 9.13. The van der Waals surface area contributed by atoms with Crippen LogP contribution in [0.1, 0.15) is 30.4 Å². The average Bonchev–Trinajstić information content (AvgIpc) is 2.61. The predicted octanol–water partition coefficient (Wildman–Crippen LogP) is 6.77. The lowest BCUT2D eigenvalue weighted by atomic mass is 10.1. The van der Waals surface area contributed by atoms with E-state index in [2.05, 4.69) is 62.7 Å². The molecule has 5 heteroatoms. The van der Waals surface area contributed by atoms with Crippen LogP contribution in [-0.2, 0) is 0 Å². The molecule has 1 saturated heterocycles. The molecule has 0 N–H and O–H groups in total. The molecule has 1 aliphatic rings. The molecule has 2 aromatic rings. The minimum Gasteiger partial charge on any atom is -0.457 e. The molecule has 0 bridgehead atoms. The number of ether oxygens (including phenoxy) is 1. The van der Waals surface area contributed by atoms with Gasteiger partial charge in [-0.05, 0) is 106 Å². The van der Waals surface area contributed by atoms with Gasteiger partial charge in [0.2, 0.25) is 0 Å². The Morgan fingerprint density at radius 1 is 0.960 bits per heavy atom. The second kappa shape index (κ2) is 8.37. The first kappa shape index (κ1) is 18.5. The first-order valence-corrected chi connectivity index (χ1v) is 10.1. The molecular formula is C20H22Br2N2O. The highest BCUT2D eigenvalue weighted by Gasteiger charge is 2.09. The maximum atomic E-state index is 6.06. The van der Waals surface area contributed by atoms with Gasteiger partial charge in [0.05, 0.1) is 12.0 Å². The molecule has 0 atom stereocenters. The molecule has 0 aromatic heterocycles. The maximum absolute atomic E-state index is 6.06. The molecule has 25 heavy (non-hydrogen) atoms. The van der Waals surface area contributed by atoms with Gasteiger partial charge in [-0.1, -0.05) is 0 Å². The summed E-state index contributed by atoms with van der Waals surface area (Å²) in [7, 11) is 0. The van der Waals surface area contributed by atoms with Gasteiger partial charge in [-0.25, -0.2) is 4.99 Å². The van der Waals surface area contributed by atoms with E-state index in [4.69, 9.17) is 9.73 Å². The van der Waals surface area contributed by atoms with Crippen LogP contribution in [0.4, 0.5) is 5.69 Å². The Labute approximate surface area is 166 Å². The number of aliphatic imine (C=N–C) groups is 1. The zero-order valence-corrected chi connectivity index (χ0v) is 17.7. The fraction of sp³-hybridized carbons (Fsp3) is 0.350. The van der Waals surface area contributed by atoms with Gasteiger partial charge in [0.1, 0.15) is 11.5 Å². The van der Waals surface area contributed by atoms with Crippen LogP contribution in [0.3, 0.4) is 0 Å². The average molecular weight is 466 g/mol. The van der Waals surface area contributed by atoms with Crippen molar-refractivity contribution < 1.29 is 4.74 Å². The first-order valence-electron chi connectivity index (χ1n) is 8.55. The van der Waals surface area contributed by atoms with Crippen molar-refractivity contribution in [3.63, 3.8) is 0 Å². The Hall–Kier alpha value is -1.33. The number of halogens is 2. The fourth-order valence-electron chi connectivity index (χ4n) is 2.87. The molecule has 0 aliphatic carbocycles. The summed E-state index contributed by atoms with van der Waals surface area (Å²) in [4.78, 5) is 7.00. The Kier molecular flexibility index (Phi) is 6.18. The van der Waals surface area contributed by atoms with Crippen molar-refractivity contribution in [2.45, 2.75) is 33.1 Å². The number of likely N-dealkylation sites (tertiary alicyclic amines) is 1. The molecule has 1 heterocycles.